The van der Waals surface area contributed by atoms with Crippen LogP contribution in [0.5, 0.6) is 0 Å². The third-order valence-electron chi connectivity index (χ3n) is 5.09. The van der Waals surface area contributed by atoms with Crippen LogP contribution in [0, 0.1) is 0 Å². The Hall–Kier alpha value is -2.38. The molecule has 0 spiro atoms. The fourth-order valence-corrected chi connectivity index (χ4v) is 4.10. The van der Waals surface area contributed by atoms with Gasteiger partial charge in [0.05, 0.1) is 12.6 Å². The SMILES string of the molecule is CCNC(=NCc1cccc(C(=O)NCC2CCCO2)c1)N(C)CCc1cccs1. The van der Waals surface area contributed by atoms with Crippen molar-refractivity contribution in [2.45, 2.75) is 38.8 Å². The van der Waals surface area contributed by atoms with Crippen molar-refractivity contribution in [3.63, 3.8) is 0 Å². The number of ether oxygens (including phenoxy) is 1. The predicted octanol–water partition coefficient (Wildman–Crippen LogP) is 3.30. The van der Waals surface area contributed by atoms with E-state index in [1.165, 1.54) is 4.88 Å². The highest BCUT2D eigenvalue weighted by atomic mass is 32.1. The molecule has 2 heterocycles. The van der Waals surface area contributed by atoms with Crippen molar-refractivity contribution < 1.29 is 9.53 Å². The molecule has 0 aliphatic carbocycles. The highest BCUT2D eigenvalue weighted by molar-refractivity contribution is 7.09. The Morgan fingerprint density at radius 1 is 1.30 bits per heavy atom. The summed E-state index contributed by atoms with van der Waals surface area (Å²) in [6, 6.07) is 11.9. The van der Waals surface area contributed by atoms with Gasteiger partial charge in [-0.05, 0) is 55.3 Å². The quantitative estimate of drug-likeness (QED) is 0.475. The van der Waals surface area contributed by atoms with Crippen molar-refractivity contribution >= 4 is 23.2 Å². The number of rotatable bonds is 9. The molecule has 0 bridgehead atoms. The van der Waals surface area contributed by atoms with E-state index >= 15 is 0 Å². The zero-order valence-electron chi connectivity index (χ0n) is 17.9. The second-order valence-electron chi connectivity index (χ2n) is 7.47. The van der Waals surface area contributed by atoms with E-state index in [0.717, 1.165) is 50.5 Å². The van der Waals surface area contributed by atoms with Crippen LogP contribution >= 0.6 is 11.3 Å². The van der Waals surface area contributed by atoms with Crippen LogP contribution < -0.4 is 10.6 Å². The number of nitrogens with zero attached hydrogens (tertiary/aromatic N) is 2. The third-order valence-corrected chi connectivity index (χ3v) is 6.02. The van der Waals surface area contributed by atoms with Gasteiger partial charge in [0.15, 0.2) is 5.96 Å². The second-order valence-corrected chi connectivity index (χ2v) is 8.50. The van der Waals surface area contributed by atoms with Gasteiger partial charge in [0.1, 0.15) is 0 Å². The van der Waals surface area contributed by atoms with Gasteiger partial charge >= 0.3 is 0 Å². The van der Waals surface area contributed by atoms with Gasteiger partial charge < -0.3 is 20.3 Å². The number of benzene rings is 1. The van der Waals surface area contributed by atoms with Crippen molar-refractivity contribution in [1.82, 2.24) is 15.5 Å². The number of hydrogen-bond donors (Lipinski definition) is 2. The average Bonchev–Trinajstić information content (AvgIpc) is 3.47. The highest BCUT2D eigenvalue weighted by Crippen LogP contribution is 2.12. The van der Waals surface area contributed by atoms with Crippen molar-refractivity contribution in [2.75, 3.05) is 33.3 Å². The number of nitrogens with one attached hydrogen (secondary N) is 2. The maximum Gasteiger partial charge on any atom is 0.251 e. The fraction of sp³-hybridized carbons (Fsp3) is 0.478. The van der Waals surface area contributed by atoms with Crippen molar-refractivity contribution in [2.24, 2.45) is 4.99 Å². The van der Waals surface area contributed by atoms with E-state index in [1.54, 1.807) is 11.3 Å². The molecule has 0 saturated carbocycles. The van der Waals surface area contributed by atoms with Gasteiger partial charge in [-0.25, -0.2) is 4.99 Å². The number of likely N-dealkylation sites (N-methyl/N-ethyl adjacent to an activating group) is 1. The molecule has 1 saturated heterocycles. The smallest absolute Gasteiger partial charge is 0.251 e. The Bertz CT molecular complexity index is 816. The Kier molecular flexibility index (Phi) is 8.71. The molecular formula is C23H32N4O2S. The van der Waals surface area contributed by atoms with Gasteiger partial charge in [-0.2, -0.15) is 0 Å². The molecule has 2 aromatic rings. The maximum absolute atomic E-state index is 12.5. The van der Waals surface area contributed by atoms with E-state index in [9.17, 15) is 4.79 Å². The summed E-state index contributed by atoms with van der Waals surface area (Å²) >= 11 is 1.78. The first-order chi connectivity index (χ1) is 14.7. The molecule has 1 aliphatic rings. The number of thiophene rings is 1. The molecule has 1 aromatic carbocycles. The lowest BCUT2D eigenvalue weighted by Gasteiger charge is -2.21. The van der Waals surface area contributed by atoms with E-state index in [4.69, 9.17) is 9.73 Å². The molecule has 1 atom stereocenters. The van der Waals surface area contributed by atoms with Crippen LogP contribution in [-0.2, 0) is 17.7 Å². The molecule has 30 heavy (non-hydrogen) atoms. The standard InChI is InChI=1S/C23H32N4O2S/c1-3-24-23(27(2)12-11-21-10-6-14-30-21)26-16-18-7-4-8-19(15-18)22(28)25-17-20-9-5-13-29-20/h4,6-8,10,14-15,20H,3,5,9,11-13,16-17H2,1-2H3,(H,24,26)(H,25,28). The summed E-state index contributed by atoms with van der Waals surface area (Å²) in [6.07, 6.45) is 3.24. The summed E-state index contributed by atoms with van der Waals surface area (Å²) in [5.74, 6) is 0.818. The van der Waals surface area contributed by atoms with E-state index in [0.29, 0.717) is 18.7 Å². The molecule has 162 valence electrons. The summed E-state index contributed by atoms with van der Waals surface area (Å²) in [6.45, 7) is 5.68. The van der Waals surface area contributed by atoms with E-state index in [1.807, 2.05) is 24.3 Å². The van der Waals surface area contributed by atoms with Crippen LogP contribution in [0.4, 0.5) is 0 Å². The Balaban J connectivity index is 1.56. The summed E-state index contributed by atoms with van der Waals surface area (Å²) in [5.41, 5.74) is 1.68. The number of carbonyl (C=O) groups is 1. The summed E-state index contributed by atoms with van der Waals surface area (Å²) in [7, 11) is 2.06. The number of amides is 1. The summed E-state index contributed by atoms with van der Waals surface area (Å²) < 4.78 is 5.57. The molecule has 1 amide bonds. The number of aliphatic imine (C=N–C) groups is 1. The largest absolute Gasteiger partial charge is 0.376 e. The molecular weight excluding hydrogens is 396 g/mol. The number of carbonyl (C=O) groups excluding carboxylic acids is 1. The lowest BCUT2D eigenvalue weighted by atomic mass is 10.1. The average molecular weight is 429 g/mol. The fourth-order valence-electron chi connectivity index (χ4n) is 3.40. The van der Waals surface area contributed by atoms with E-state index in [-0.39, 0.29) is 12.0 Å². The number of guanidine groups is 1. The van der Waals surface area contributed by atoms with Crippen LogP contribution in [0.25, 0.3) is 0 Å². The summed E-state index contributed by atoms with van der Waals surface area (Å²) in [4.78, 5) is 20.8. The van der Waals surface area contributed by atoms with Gasteiger partial charge in [-0.1, -0.05) is 18.2 Å². The van der Waals surface area contributed by atoms with Crippen LogP contribution in [-0.4, -0.2) is 56.2 Å². The van der Waals surface area contributed by atoms with Gasteiger partial charge in [0.2, 0.25) is 0 Å². The minimum atomic E-state index is -0.0590. The van der Waals surface area contributed by atoms with Crippen LogP contribution in [0.2, 0.25) is 0 Å². The molecule has 1 unspecified atom stereocenters. The van der Waals surface area contributed by atoms with Crippen molar-refractivity contribution in [3.8, 4) is 0 Å². The third kappa shape index (κ3) is 6.85. The minimum absolute atomic E-state index is 0.0590. The predicted molar refractivity (Wildman–Crippen MR) is 123 cm³/mol. The normalized spacial score (nSPS) is 16.5. The first-order valence-electron chi connectivity index (χ1n) is 10.7. The van der Waals surface area contributed by atoms with Crippen LogP contribution in [0.1, 0.15) is 40.6 Å². The van der Waals surface area contributed by atoms with Crippen molar-refractivity contribution in [1.29, 1.82) is 0 Å². The lowest BCUT2D eigenvalue weighted by molar-refractivity contribution is 0.0857. The molecule has 6 nitrogen and oxygen atoms in total. The zero-order chi connectivity index (χ0) is 21.2. The Labute approximate surface area is 183 Å². The topological polar surface area (TPSA) is 66.0 Å². The molecule has 7 heteroatoms. The molecule has 2 N–H and O–H groups in total. The van der Waals surface area contributed by atoms with Gasteiger partial charge in [-0.3, -0.25) is 4.79 Å². The second kappa shape index (κ2) is 11.7. The maximum atomic E-state index is 12.5. The lowest BCUT2D eigenvalue weighted by Crippen LogP contribution is -2.39. The molecule has 1 aliphatic heterocycles. The first-order valence-corrected chi connectivity index (χ1v) is 11.5. The molecule has 1 aromatic heterocycles. The number of hydrogen-bond acceptors (Lipinski definition) is 4. The molecule has 1 fully saturated rings. The highest BCUT2D eigenvalue weighted by Gasteiger charge is 2.16. The van der Waals surface area contributed by atoms with Gasteiger partial charge in [0.25, 0.3) is 5.91 Å². The Morgan fingerprint density at radius 3 is 2.93 bits per heavy atom. The first kappa shape index (κ1) is 22.3. The van der Waals surface area contributed by atoms with Crippen LogP contribution in [0.3, 0.4) is 0 Å². The van der Waals surface area contributed by atoms with Gasteiger partial charge in [-0.15, -0.1) is 11.3 Å². The summed E-state index contributed by atoms with van der Waals surface area (Å²) in [5, 5.41) is 8.45. The minimum Gasteiger partial charge on any atom is -0.376 e. The monoisotopic (exact) mass is 428 g/mol. The molecule has 3 rings (SSSR count). The zero-order valence-corrected chi connectivity index (χ0v) is 18.7. The van der Waals surface area contributed by atoms with E-state index < -0.39 is 0 Å². The van der Waals surface area contributed by atoms with Crippen LogP contribution in [0.15, 0.2) is 46.8 Å². The van der Waals surface area contributed by atoms with Crippen molar-refractivity contribution in [3.05, 3.63) is 57.8 Å². The van der Waals surface area contributed by atoms with E-state index in [2.05, 4.69) is 47.0 Å². The van der Waals surface area contributed by atoms with Gasteiger partial charge in [0, 0.05) is 43.7 Å². The Morgan fingerprint density at radius 2 is 2.20 bits per heavy atom. The molecule has 0 radical (unpaired) electrons.